The number of nitro groups is 1. The Balaban J connectivity index is 1.57. The Labute approximate surface area is 175 Å². The minimum Gasteiger partial charge on any atom is -0.436 e. The molecule has 4 rings (SSSR count). The van der Waals surface area contributed by atoms with Crippen LogP contribution < -0.4 is 0 Å². The number of hydrogen-bond donors (Lipinski definition) is 0. The largest absolute Gasteiger partial charge is 0.436 e. The Morgan fingerprint density at radius 2 is 1.79 bits per heavy atom. The zero-order valence-corrected chi connectivity index (χ0v) is 17.3. The highest BCUT2D eigenvalue weighted by Gasteiger charge is 2.12. The molecule has 0 saturated carbocycles. The van der Waals surface area contributed by atoms with Crippen molar-refractivity contribution < 1.29 is 9.34 Å². The van der Waals surface area contributed by atoms with E-state index in [-0.39, 0.29) is 5.69 Å². The van der Waals surface area contributed by atoms with Gasteiger partial charge in [0.2, 0.25) is 5.89 Å². The summed E-state index contributed by atoms with van der Waals surface area (Å²) >= 11 is 3.18. The highest BCUT2D eigenvalue weighted by Crippen LogP contribution is 2.28. The van der Waals surface area contributed by atoms with E-state index in [0.29, 0.717) is 15.9 Å². The SMILES string of the molecule is Cc1cc2nc(-c3ccc(N=Cc4ccc(Br)c([N+](=O)[O-])c4)cc3)oc2cc1C. The number of aliphatic imine (C=N–C) groups is 1. The normalized spacial score (nSPS) is 11.4. The van der Waals surface area contributed by atoms with Gasteiger partial charge >= 0.3 is 0 Å². The molecule has 6 nitrogen and oxygen atoms in total. The van der Waals surface area contributed by atoms with E-state index in [9.17, 15) is 10.1 Å². The first kappa shape index (κ1) is 19.0. The number of aryl methyl sites for hydroxylation is 2. The van der Waals surface area contributed by atoms with Gasteiger partial charge in [0.15, 0.2) is 5.58 Å². The average Bonchev–Trinajstić information content (AvgIpc) is 3.10. The lowest BCUT2D eigenvalue weighted by atomic mass is 10.1. The predicted molar refractivity (Wildman–Crippen MR) is 117 cm³/mol. The fourth-order valence-corrected chi connectivity index (χ4v) is 3.28. The molecule has 1 heterocycles. The van der Waals surface area contributed by atoms with Gasteiger partial charge in [-0.1, -0.05) is 6.07 Å². The maximum Gasteiger partial charge on any atom is 0.284 e. The van der Waals surface area contributed by atoms with Gasteiger partial charge in [0.1, 0.15) is 5.52 Å². The maximum absolute atomic E-state index is 11.0. The highest BCUT2D eigenvalue weighted by molar-refractivity contribution is 9.10. The summed E-state index contributed by atoms with van der Waals surface area (Å²) in [6, 6.07) is 16.4. The first-order valence-electron chi connectivity index (χ1n) is 8.87. The first-order chi connectivity index (χ1) is 13.9. The Bertz CT molecular complexity index is 1220. The van der Waals surface area contributed by atoms with Gasteiger partial charge in [-0.15, -0.1) is 0 Å². The average molecular weight is 450 g/mol. The molecule has 0 spiro atoms. The van der Waals surface area contributed by atoms with Gasteiger partial charge in [-0.05, 0) is 88.9 Å². The number of oxazole rings is 1. The lowest BCUT2D eigenvalue weighted by Gasteiger charge is -1.99. The van der Waals surface area contributed by atoms with E-state index in [1.807, 2.05) is 43.3 Å². The zero-order valence-electron chi connectivity index (χ0n) is 15.7. The molecule has 0 unspecified atom stereocenters. The van der Waals surface area contributed by atoms with Crippen LogP contribution in [0.3, 0.4) is 0 Å². The summed E-state index contributed by atoms with van der Waals surface area (Å²) in [6.07, 6.45) is 1.60. The topological polar surface area (TPSA) is 81.5 Å². The van der Waals surface area contributed by atoms with Crippen LogP contribution in [0.25, 0.3) is 22.6 Å². The van der Waals surface area contributed by atoms with Gasteiger partial charge in [0.05, 0.1) is 15.1 Å². The van der Waals surface area contributed by atoms with Crippen LogP contribution in [-0.2, 0) is 0 Å². The predicted octanol–water partition coefficient (Wildman–Crippen LogP) is 6.53. The summed E-state index contributed by atoms with van der Waals surface area (Å²) in [5.74, 6) is 0.559. The monoisotopic (exact) mass is 449 g/mol. The number of nitro benzene ring substituents is 1. The van der Waals surface area contributed by atoms with Crippen molar-refractivity contribution in [3.8, 4) is 11.5 Å². The van der Waals surface area contributed by atoms with Gasteiger partial charge in [-0.2, -0.15) is 0 Å². The summed E-state index contributed by atoms with van der Waals surface area (Å²) in [7, 11) is 0. The van der Waals surface area contributed by atoms with E-state index < -0.39 is 4.92 Å². The van der Waals surface area contributed by atoms with Gasteiger partial charge in [-0.3, -0.25) is 15.1 Å². The van der Waals surface area contributed by atoms with Crippen LogP contribution in [0.2, 0.25) is 0 Å². The third-order valence-electron chi connectivity index (χ3n) is 4.65. The summed E-state index contributed by atoms with van der Waals surface area (Å²) < 4.78 is 6.33. The molecule has 0 amide bonds. The Morgan fingerprint density at radius 3 is 2.52 bits per heavy atom. The molecular formula is C22H16BrN3O3. The van der Waals surface area contributed by atoms with Gasteiger partial charge < -0.3 is 4.42 Å². The van der Waals surface area contributed by atoms with Crippen LogP contribution in [0.15, 0.2) is 68.5 Å². The molecule has 4 aromatic rings. The Kier molecular flexibility index (Phi) is 4.98. The lowest BCUT2D eigenvalue weighted by Crippen LogP contribution is -1.91. The molecule has 0 bridgehead atoms. The first-order valence-corrected chi connectivity index (χ1v) is 9.66. The van der Waals surface area contributed by atoms with Crippen LogP contribution in [0.5, 0.6) is 0 Å². The van der Waals surface area contributed by atoms with Crippen molar-refractivity contribution in [1.29, 1.82) is 0 Å². The number of fused-ring (bicyclic) bond motifs is 1. The van der Waals surface area contributed by atoms with E-state index >= 15 is 0 Å². The Morgan fingerprint density at radius 1 is 1.07 bits per heavy atom. The molecule has 0 aliphatic heterocycles. The molecule has 0 fully saturated rings. The highest BCUT2D eigenvalue weighted by atomic mass is 79.9. The molecule has 1 aromatic heterocycles. The van der Waals surface area contributed by atoms with Crippen molar-refractivity contribution in [2.75, 3.05) is 0 Å². The molecule has 0 N–H and O–H groups in total. The molecule has 0 aliphatic rings. The second-order valence-electron chi connectivity index (χ2n) is 6.70. The molecule has 0 saturated heterocycles. The molecule has 144 valence electrons. The fraction of sp³-hybridized carbons (Fsp3) is 0.0909. The van der Waals surface area contributed by atoms with E-state index in [1.165, 1.54) is 11.6 Å². The quantitative estimate of drug-likeness (QED) is 0.201. The van der Waals surface area contributed by atoms with E-state index in [1.54, 1.807) is 18.3 Å². The number of halogens is 1. The van der Waals surface area contributed by atoms with Crippen LogP contribution in [-0.4, -0.2) is 16.1 Å². The van der Waals surface area contributed by atoms with Crippen LogP contribution in [0, 0.1) is 24.0 Å². The molecular weight excluding hydrogens is 434 g/mol. The van der Waals surface area contributed by atoms with Gasteiger partial charge in [0, 0.05) is 17.8 Å². The van der Waals surface area contributed by atoms with E-state index in [0.717, 1.165) is 27.9 Å². The number of aromatic nitrogens is 1. The molecule has 29 heavy (non-hydrogen) atoms. The summed E-state index contributed by atoms with van der Waals surface area (Å²) in [5, 5.41) is 11.0. The summed E-state index contributed by atoms with van der Waals surface area (Å²) in [5.41, 5.74) is 6.17. The van der Waals surface area contributed by atoms with Crippen LogP contribution >= 0.6 is 15.9 Å². The molecule has 0 aliphatic carbocycles. The van der Waals surface area contributed by atoms with Crippen molar-refractivity contribution >= 4 is 44.6 Å². The van der Waals surface area contributed by atoms with E-state index in [4.69, 9.17) is 4.42 Å². The fourth-order valence-electron chi connectivity index (χ4n) is 2.89. The van der Waals surface area contributed by atoms with Crippen molar-refractivity contribution in [3.05, 3.63) is 85.9 Å². The van der Waals surface area contributed by atoms with Crippen molar-refractivity contribution in [1.82, 2.24) is 4.98 Å². The third-order valence-corrected chi connectivity index (χ3v) is 5.32. The minimum atomic E-state index is -0.431. The summed E-state index contributed by atoms with van der Waals surface area (Å²) in [4.78, 5) is 19.6. The molecule has 3 aromatic carbocycles. The number of nitrogens with zero attached hydrogens (tertiary/aromatic N) is 3. The van der Waals surface area contributed by atoms with Crippen molar-refractivity contribution in [2.24, 2.45) is 4.99 Å². The number of hydrogen-bond acceptors (Lipinski definition) is 5. The minimum absolute atomic E-state index is 0.00531. The third kappa shape index (κ3) is 3.95. The van der Waals surface area contributed by atoms with Gasteiger partial charge in [-0.25, -0.2) is 4.98 Å². The second kappa shape index (κ2) is 7.60. The summed E-state index contributed by atoms with van der Waals surface area (Å²) in [6.45, 7) is 4.10. The number of benzene rings is 3. The molecule has 7 heteroatoms. The Hall–Kier alpha value is -3.32. The second-order valence-corrected chi connectivity index (χ2v) is 7.55. The maximum atomic E-state index is 11.0. The van der Waals surface area contributed by atoms with E-state index in [2.05, 4.69) is 32.8 Å². The van der Waals surface area contributed by atoms with Crippen molar-refractivity contribution in [3.63, 3.8) is 0 Å². The lowest BCUT2D eigenvalue weighted by molar-refractivity contribution is -0.385. The van der Waals surface area contributed by atoms with Crippen molar-refractivity contribution in [2.45, 2.75) is 13.8 Å². The molecule has 0 atom stereocenters. The van der Waals surface area contributed by atoms with Crippen LogP contribution in [0.1, 0.15) is 16.7 Å². The molecule has 0 radical (unpaired) electrons. The smallest absolute Gasteiger partial charge is 0.284 e. The zero-order chi connectivity index (χ0) is 20.5. The standard InChI is InChI=1S/C22H16BrN3O3/c1-13-9-19-21(10-14(13)2)29-22(25-19)16-4-6-17(7-5-16)24-12-15-3-8-18(23)20(11-15)26(27)28/h3-12H,1-2H3. The van der Waals surface area contributed by atoms with Gasteiger partial charge in [0.25, 0.3) is 5.69 Å². The van der Waals surface area contributed by atoms with Crippen LogP contribution in [0.4, 0.5) is 11.4 Å². The number of rotatable bonds is 4.